The molecule has 1 spiro atoms. The fourth-order valence-corrected chi connectivity index (χ4v) is 8.18. The van der Waals surface area contributed by atoms with Crippen LogP contribution in [0.5, 0.6) is 0 Å². The summed E-state index contributed by atoms with van der Waals surface area (Å²) in [5.41, 5.74) is 5.96. The van der Waals surface area contributed by atoms with E-state index < -0.39 is 5.60 Å². The fourth-order valence-electron chi connectivity index (χ4n) is 6.96. The van der Waals surface area contributed by atoms with Gasteiger partial charge in [0.05, 0.1) is 5.71 Å². The number of amides is 1. The van der Waals surface area contributed by atoms with Crippen LogP contribution >= 0.6 is 11.3 Å². The van der Waals surface area contributed by atoms with E-state index >= 15 is 0 Å². The number of hydrogen-bond donors (Lipinski definition) is 0. The van der Waals surface area contributed by atoms with E-state index in [0.717, 1.165) is 43.3 Å². The highest BCUT2D eigenvalue weighted by atomic mass is 32.1. The van der Waals surface area contributed by atoms with Crippen molar-refractivity contribution in [2.75, 3.05) is 13.1 Å². The van der Waals surface area contributed by atoms with Crippen molar-refractivity contribution in [3.63, 3.8) is 0 Å². The number of carbonyl (C=O) groups excluding carboxylic acids is 1. The van der Waals surface area contributed by atoms with Crippen LogP contribution < -0.4 is 0 Å². The summed E-state index contributed by atoms with van der Waals surface area (Å²) in [4.78, 5) is 21.2. The second kappa shape index (κ2) is 10.4. The van der Waals surface area contributed by atoms with Crippen molar-refractivity contribution >= 4 is 23.1 Å². The standard InChI is InChI=1S/C33H43N5O2S/c1-8-26-29-36-35-22(4)38(29)30-27(20(2)21(3)41-30)28(34-26)25-11-9-23(10-12-25)24-13-15-33(16-14-24)17-18-37(19-33)31(39)40-32(5,6)7/h9-12,24,26H,8,13-19H2,1-7H3/t24?,26-,33?/m0/s1. The number of aryl methyl sites for hydroxylation is 2. The number of rotatable bonds is 3. The van der Waals surface area contributed by atoms with Gasteiger partial charge in [0.15, 0.2) is 5.82 Å². The zero-order chi connectivity index (χ0) is 29.1. The number of ether oxygens (including phenoxy) is 1. The quantitative estimate of drug-likeness (QED) is 0.320. The zero-order valence-electron chi connectivity index (χ0n) is 25.6. The van der Waals surface area contributed by atoms with E-state index in [1.165, 1.54) is 57.8 Å². The zero-order valence-corrected chi connectivity index (χ0v) is 26.4. The smallest absolute Gasteiger partial charge is 0.410 e. The van der Waals surface area contributed by atoms with Gasteiger partial charge in [0.2, 0.25) is 0 Å². The van der Waals surface area contributed by atoms with Gasteiger partial charge in [0.25, 0.3) is 0 Å². The first-order valence-electron chi connectivity index (χ1n) is 15.2. The van der Waals surface area contributed by atoms with Crippen molar-refractivity contribution in [2.45, 2.75) is 105 Å². The number of nitrogens with zero attached hydrogens (tertiary/aromatic N) is 5. The van der Waals surface area contributed by atoms with Crippen molar-refractivity contribution in [3.8, 4) is 5.00 Å². The maximum atomic E-state index is 12.6. The Kier molecular flexibility index (Phi) is 7.12. The molecule has 0 radical (unpaired) electrons. The predicted molar refractivity (Wildman–Crippen MR) is 165 cm³/mol. The number of fused-ring (bicyclic) bond motifs is 3. The molecule has 1 saturated heterocycles. The second-order valence-corrected chi connectivity index (χ2v) is 14.6. The van der Waals surface area contributed by atoms with Gasteiger partial charge in [-0.3, -0.25) is 9.56 Å². The molecule has 3 aromatic rings. The van der Waals surface area contributed by atoms with Gasteiger partial charge in [-0.05, 0) is 103 Å². The molecule has 1 aliphatic carbocycles. The molecule has 1 aromatic carbocycles. The molecular formula is C33H43N5O2S. The van der Waals surface area contributed by atoms with Crippen LogP contribution in [0.2, 0.25) is 0 Å². The molecule has 0 N–H and O–H groups in total. The highest BCUT2D eigenvalue weighted by Crippen LogP contribution is 2.48. The van der Waals surface area contributed by atoms with Crippen molar-refractivity contribution in [1.82, 2.24) is 19.7 Å². The summed E-state index contributed by atoms with van der Waals surface area (Å²) in [7, 11) is 0. The van der Waals surface area contributed by atoms with Gasteiger partial charge in [-0.1, -0.05) is 31.2 Å². The number of aliphatic imine (C=N–C) groups is 1. The maximum Gasteiger partial charge on any atom is 0.410 e. The van der Waals surface area contributed by atoms with Crippen LogP contribution in [0.1, 0.15) is 117 Å². The van der Waals surface area contributed by atoms with Crippen LogP contribution in [0.15, 0.2) is 29.3 Å². The molecule has 218 valence electrons. The lowest BCUT2D eigenvalue weighted by molar-refractivity contribution is 0.0260. The summed E-state index contributed by atoms with van der Waals surface area (Å²) in [6.07, 6.45) is 6.47. The van der Waals surface area contributed by atoms with Crippen LogP contribution in [0.25, 0.3) is 5.00 Å². The molecule has 7 nitrogen and oxygen atoms in total. The van der Waals surface area contributed by atoms with Crippen LogP contribution in [0, 0.1) is 26.2 Å². The highest BCUT2D eigenvalue weighted by Gasteiger charge is 2.43. The van der Waals surface area contributed by atoms with E-state index in [-0.39, 0.29) is 17.6 Å². The summed E-state index contributed by atoms with van der Waals surface area (Å²) in [6, 6.07) is 9.19. The van der Waals surface area contributed by atoms with Crippen molar-refractivity contribution < 1.29 is 9.53 Å². The van der Waals surface area contributed by atoms with E-state index in [1.54, 1.807) is 0 Å². The molecule has 41 heavy (non-hydrogen) atoms. The Balaban J connectivity index is 1.20. The van der Waals surface area contributed by atoms with Crippen molar-refractivity contribution in [1.29, 1.82) is 0 Å². The van der Waals surface area contributed by atoms with E-state index in [9.17, 15) is 4.79 Å². The van der Waals surface area contributed by atoms with Crippen LogP contribution in [-0.4, -0.2) is 50.2 Å². The Morgan fingerprint density at radius 1 is 1.07 bits per heavy atom. The summed E-state index contributed by atoms with van der Waals surface area (Å²) in [6.45, 7) is 16.1. The molecule has 2 fully saturated rings. The Bertz CT molecular complexity index is 1480. The summed E-state index contributed by atoms with van der Waals surface area (Å²) >= 11 is 1.81. The number of thiophene rings is 1. The minimum Gasteiger partial charge on any atom is -0.444 e. The Hall–Kier alpha value is -3.00. The fraction of sp³-hybridized carbons (Fsp3) is 0.576. The summed E-state index contributed by atoms with van der Waals surface area (Å²) < 4.78 is 7.88. The highest BCUT2D eigenvalue weighted by molar-refractivity contribution is 7.15. The minimum atomic E-state index is -0.448. The largest absolute Gasteiger partial charge is 0.444 e. The van der Waals surface area contributed by atoms with E-state index in [0.29, 0.717) is 5.92 Å². The first kappa shape index (κ1) is 28.1. The lowest BCUT2D eigenvalue weighted by Gasteiger charge is -2.37. The topological polar surface area (TPSA) is 72.6 Å². The number of hydrogen-bond acceptors (Lipinski definition) is 6. The Morgan fingerprint density at radius 3 is 2.44 bits per heavy atom. The van der Waals surface area contributed by atoms with Crippen molar-refractivity contribution in [3.05, 3.63) is 63.0 Å². The molecule has 0 unspecified atom stereocenters. The maximum absolute atomic E-state index is 12.6. The molecular weight excluding hydrogens is 530 g/mol. The Morgan fingerprint density at radius 2 is 1.78 bits per heavy atom. The molecule has 2 aromatic heterocycles. The second-order valence-electron chi connectivity index (χ2n) is 13.4. The Labute approximate surface area is 248 Å². The normalized spacial score (nSPS) is 24.2. The van der Waals surface area contributed by atoms with E-state index in [1.807, 2.05) is 43.9 Å². The monoisotopic (exact) mass is 573 g/mol. The number of likely N-dealkylation sites (tertiary alicyclic amines) is 1. The first-order valence-corrected chi connectivity index (χ1v) is 16.0. The number of carbonyl (C=O) groups is 1. The van der Waals surface area contributed by atoms with Gasteiger partial charge >= 0.3 is 6.09 Å². The van der Waals surface area contributed by atoms with Crippen LogP contribution in [-0.2, 0) is 4.74 Å². The molecule has 0 bridgehead atoms. The molecule has 3 aliphatic rings. The lowest BCUT2D eigenvalue weighted by atomic mass is 9.68. The third-order valence-corrected chi connectivity index (χ3v) is 10.6. The molecule has 1 atom stereocenters. The van der Waals surface area contributed by atoms with Gasteiger partial charge in [-0.25, -0.2) is 4.79 Å². The third-order valence-electron chi connectivity index (χ3n) is 9.42. The van der Waals surface area contributed by atoms with Gasteiger partial charge < -0.3 is 9.64 Å². The van der Waals surface area contributed by atoms with Gasteiger partial charge in [0, 0.05) is 29.1 Å². The molecule has 2 aliphatic heterocycles. The van der Waals surface area contributed by atoms with Crippen molar-refractivity contribution in [2.24, 2.45) is 10.4 Å². The summed E-state index contributed by atoms with van der Waals surface area (Å²) in [5.74, 6) is 2.41. The number of benzene rings is 1. The van der Waals surface area contributed by atoms with Gasteiger partial charge in [0.1, 0.15) is 22.5 Å². The summed E-state index contributed by atoms with van der Waals surface area (Å²) in [5, 5.41) is 10.2. The third kappa shape index (κ3) is 5.13. The molecule has 4 heterocycles. The molecule has 8 heteroatoms. The lowest BCUT2D eigenvalue weighted by Crippen LogP contribution is -2.37. The average Bonchev–Trinajstić information content (AvgIpc) is 3.58. The van der Waals surface area contributed by atoms with Crippen LogP contribution in [0.3, 0.4) is 0 Å². The average molecular weight is 574 g/mol. The van der Waals surface area contributed by atoms with Gasteiger partial charge in [-0.15, -0.1) is 21.5 Å². The molecule has 1 amide bonds. The van der Waals surface area contributed by atoms with Gasteiger partial charge in [-0.2, -0.15) is 0 Å². The van der Waals surface area contributed by atoms with E-state index in [2.05, 4.69) is 59.8 Å². The first-order chi connectivity index (χ1) is 19.5. The van der Waals surface area contributed by atoms with Crippen LogP contribution in [0.4, 0.5) is 4.79 Å². The van der Waals surface area contributed by atoms with E-state index in [4.69, 9.17) is 9.73 Å². The number of aromatic nitrogens is 3. The molecule has 6 rings (SSSR count). The minimum absolute atomic E-state index is 0.0219. The predicted octanol–water partition coefficient (Wildman–Crippen LogP) is 7.84. The SMILES string of the molecule is CC[C@@H]1N=C(c2ccc(C3CCC4(CC3)CCN(C(=O)OC(C)(C)C)C4)cc2)c2c(sc(C)c2C)-n2c(C)nnc21. The molecule has 1 saturated carbocycles.